The van der Waals surface area contributed by atoms with Crippen LogP contribution in [0, 0.1) is 11.3 Å². The number of hydrogen-bond acceptors (Lipinski definition) is 3. The molecule has 1 unspecified atom stereocenters. The number of benzene rings is 1. The Morgan fingerprint density at radius 1 is 1.62 bits per heavy atom. The second kappa shape index (κ2) is 5.66. The molecule has 4 heteroatoms. The summed E-state index contributed by atoms with van der Waals surface area (Å²) in [5, 5.41) is 8.80. The summed E-state index contributed by atoms with van der Waals surface area (Å²) < 4.78 is 6.27. The van der Waals surface area contributed by atoms with Crippen LogP contribution in [0.25, 0.3) is 0 Å². The lowest BCUT2D eigenvalue weighted by molar-refractivity contribution is 0.101. The number of Topliss-reactive ketones (excluding diaryl/α,β-unsaturated/α-hetero) is 1. The van der Waals surface area contributed by atoms with Crippen molar-refractivity contribution >= 4 is 21.7 Å². The highest BCUT2D eigenvalue weighted by Gasteiger charge is 2.13. The Balaban J connectivity index is 3.04. The topological polar surface area (TPSA) is 50.1 Å². The van der Waals surface area contributed by atoms with E-state index in [1.54, 1.807) is 18.2 Å². The second-order valence-corrected chi connectivity index (χ2v) is 4.26. The number of hydrogen-bond donors (Lipinski definition) is 0. The zero-order valence-electron chi connectivity index (χ0n) is 9.16. The molecule has 0 aromatic heterocycles. The summed E-state index contributed by atoms with van der Waals surface area (Å²) in [7, 11) is 0. The van der Waals surface area contributed by atoms with Gasteiger partial charge in [0.15, 0.2) is 11.9 Å². The highest BCUT2D eigenvalue weighted by molar-refractivity contribution is 9.10. The minimum Gasteiger partial charge on any atom is -0.475 e. The van der Waals surface area contributed by atoms with E-state index in [0.717, 1.165) is 4.47 Å². The van der Waals surface area contributed by atoms with E-state index in [1.165, 1.54) is 6.92 Å². The zero-order chi connectivity index (χ0) is 12.1. The fourth-order valence-corrected chi connectivity index (χ4v) is 1.60. The summed E-state index contributed by atoms with van der Waals surface area (Å²) in [5.74, 6) is 0.383. The van der Waals surface area contributed by atoms with E-state index in [4.69, 9.17) is 10.00 Å². The number of rotatable bonds is 4. The molecule has 0 aliphatic heterocycles. The molecule has 0 aliphatic carbocycles. The summed E-state index contributed by atoms with van der Waals surface area (Å²) in [4.78, 5) is 11.4. The third kappa shape index (κ3) is 3.07. The molecule has 1 aromatic carbocycles. The summed E-state index contributed by atoms with van der Waals surface area (Å²) in [6.07, 6.45) is 0.0727. The van der Waals surface area contributed by atoms with Gasteiger partial charge in [0.2, 0.25) is 0 Å². The van der Waals surface area contributed by atoms with Gasteiger partial charge in [0, 0.05) is 4.47 Å². The third-order valence-electron chi connectivity index (χ3n) is 2.10. The van der Waals surface area contributed by atoms with Gasteiger partial charge in [-0.15, -0.1) is 0 Å². The Morgan fingerprint density at radius 3 is 2.81 bits per heavy atom. The Hall–Kier alpha value is -1.34. The first kappa shape index (κ1) is 12.7. The Labute approximate surface area is 103 Å². The number of carbonyl (C=O) groups excluding carboxylic acids is 1. The SMILES string of the molecule is CCC(C#N)Oc1ccc(Br)cc1C(C)=O. The molecule has 1 atom stereocenters. The summed E-state index contributed by atoms with van der Waals surface area (Å²) in [6.45, 7) is 3.34. The number of halogens is 1. The molecule has 0 radical (unpaired) electrons. The van der Waals surface area contributed by atoms with Gasteiger partial charge in [-0.1, -0.05) is 22.9 Å². The lowest BCUT2D eigenvalue weighted by Gasteiger charge is -2.13. The van der Waals surface area contributed by atoms with E-state index in [9.17, 15) is 4.79 Å². The maximum atomic E-state index is 11.4. The maximum Gasteiger partial charge on any atom is 0.184 e. The fraction of sp³-hybridized carbons (Fsp3) is 0.333. The number of carbonyl (C=O) groups is 1. The lowest BCUT2D eigenvalue weighted by atomic mass is 10.1. The van der Waals surface area contributed by atoms with E-state index in [1.807, 2.05) is 13.0 Å². The van der Waals surface area contributed by atoms with Crippen LogP contribution in [0.1, 0.15) is 30.6 Å². The van der Waals surface area contributed by atoms with Crippen molar-refractivity contribution in [1.29, 1.82) is 5.26 Å². The van der Waals surface area contributed by atoms with Gasteiger partial charge in [0.1, 0.15) is 11.8 Å². The molecule has 3 nitrogen and oxygen atoms in total. The van der Waals surface area contributed by atoms with Crippen molar-refractivity contribution in [3.8, 4) is 11.8 Å². The Bertz CT molecular complexity index is 437. The molecule has 0 N–H and O–H groups in total. The summed E-state index contributed by atoms with van der Waals surface area (Å²) in [5.41, 5.74) is 0.489. The summed E-state index contributed by atoms with van der Waals surface area (Å²) >= 11 is 3.29. The number of nitrogens with zero attached hydrogens (tertiary/aromatic N) is 1. The molecule has 16 heavy (non-hydrogen) atoms. The van der Waals surface area contributed by atoms with Gasteiger partial charge in [-0.2, -0.15) is 5.26 Å². The number of ketones is 1. The van der Waals surface area contributed by atoms with Crippen LogP contribution in [0.4, 0.5) is 0 Å². The van der Waals surface area contributed by atoms with Crippen LogP contribution in [0.15, 0.2) is 22.7 Å². The highest BCUT2D eigenvalue weighted by Crippen LogP contribution is 2.25. The van der Waals surface area contributed by atoms with Gasteiger partial charge >= 0.3 is 0 Å². The Kier molecular flexibility index (Phi) is 4.51. The van der Waals surface area contributed by atoms with Gasteiger partial charge in [0.05, 0.1) is 5.56 Å². The van der Waals surface area contributed by atoms with Crippen LogP contribution in [0.3, 0.4) is 0 Å². The average molecular weight is 282 g/mol. The van der Waals surface area contributed by atoms with E-state index in [0.29, 0.717) is 17.7 Å². The van der Waals surface area contributed by atoms with Gasteiger partial charge < -0.3 is 4.74 Å². The molecule has 0 heterocycles. The van der Waals surface area contributed by atoms with Crippen LogP contribution in [0.5, 0.6) is 5.75 Å². The molecule has 1 rings (SSSR count). The van der Waals surface area contributed by atoms with Gasteiger partial charge in [-0.25, -0.2) is 0 Å². The molecule has 84 valence electrons. The minimum atomic E-state index is -0.515. The van der Waals surface area contributed by atoms with Crippen LogP contribution in [-0.4, -0.2) is 11.9 Å². The van der Waals surface area contributed by atoms with Crippen molar-refractivity contribution in [3.63, 3.8) is 0 Å². The Morgan fingerprint density at radius 2 is 2.31 bits per heavy atom. The smallest absolute Gasteiger partial charge is 0.184 e. The second-order valence-electron chi connectivity index (χ2n) is 3.34. The van der Waals surface area contributed by atoms with Crippen molar-refractivity contribution < 1.29 is 9.53 Å². The van der Waals surface area contributed by atoms with Crippen LogP contribution < -0.4 is 4.74 Å². The van der Waals surface area contributed by atoms with Crippen molar-refractivity contribution in [1.82, 2.24) is 0 Å². The molecular formula is C12H12BrNO2. The lowest BCUT2D eigenvalue weighted by Crippen LogP contribution is -2.14. The van der Waals surface area contributed by atoms with Crippen molar-refractivity contribution in [3.05, 3.63) is 28.2 Å². The normalized spacial score (nSPS) is 11.6. The summed E-state index contributed by atoms with van der Waals surface area (Å²) in [6, 6.07) is 7.21. The van der Waals surface area contributed by atoms with E-state index < -0.39 is 6.10 Å². The van der Waals surface area contributed by atoms with Gasteiger partial charge in [-0.3, -0.25) is 4.79 Å². The average Bonchev–Trinajstić information content (AvgIpc) is 2.27. The molecule has 0 saturated heterocycles. The largest absolute Gasteiger partial charge is 0.475 e. The van der Waals surface area contributed by atoms with Crippen molar-refractivity contribution in [2.45, 2.75) is 26.4 Å². The number of nitriles is 1. The van der Waals surface area contributed by atoms with Gasteiger partial charge in [0.25, 0.3) is 0 Å². The molecule has 0 saturated carbocycles. The van der Waals surface area contributed by atoms with Crippen molar-refractivity contribution in [2.75, 3.05) is 0 Å². The molecule has 0 aliphatic rings. The van der Waals surface area contributed by atoms with Gasteiger partial charge in [-0.05, 0) is 31.5 Å². The molecule has 0 spiro atoms. The first-order valence-corrected chi connectivity index (χ1v) is 5.74. The quantitative estimate of drug-likeness (QED) is 0.796. The van der Waals surface area contributed by atoms with Crippen LogP contribution in [0.2, 0.25) is 0 Å². The first-order valence-electron chi connectivity index (χ1n) is 4.95. The molecular weight excluding hydrogens is 270 g/mol. The maximum absolute atomic E-state index is 11.4. The zero-order valence-corrected chi connectivity index (χ0v) is 10.7. The first-order chi connectivity index (χ1) is 7.58. The predicted octanol–water partition coefficient (Wildman–Crippen LogP) is 3.33. The third-order valence-corrected chi connectivity index (χ3v) is 2.60. The van der Waals surface area contributed by atoms with Crippen molar-refractivity contribution in [2.24, 2.45) is 0 Å². The standard InChI is InChI=1S/C12H12BrNO2/c1-3-10(7-14)16-12-5-4-9(13)6-11(12)8(2)15/h4-6,10H,3H2,1-2H3. The monoisotopic (exact) mass is 281 g/mol. The van der Waals surface area contributed by atoms with Crippen LogP contribution in [-0.2, 0) is 0 Å². The minimum absolute atomic E-state index is 0.0795. The molecule has 1 aromatic rings. The number of ether oxygens (including phenoxy) is 1. The highest BCUT2D eigenvalue weighted by atomic mass is 79.9. The molecule has 0 fully saturated rings. The predicted molar refractivity (Wildman–Crippen MR) is 64.5 cm³/mol. The van der Waals surface area contributed by atoms with E-state index >= 15 is 0 Å². The fourth-order valence-electron chi connectivity index (χ4n) is 1.23. The molecule has 0 amide bonds. The van der Waals surface area contributed by atoms with E-state index in [-0.39, 0.29) is 5.78 Å². The molecule has 0 bridgehead atoms. The van der Waals surface area contributed by atoms with Crippen LogP contribution >= 0.6 is 15.9 Å². The van der Waals surface area contributed by atoms with E-state index in [2.05, 4.69) is 15.9 Å².